The lowest BCUT2D eigenvalue weighted by Gasteiger charge is -2.08. The highest BCUT2D eigenvalue weighted by Crippen LogP contribution is 2.33. The van der Waals surface area contributed by atoms with Crippen LogP contribution in [0.4, 0.5) is 0 Å². The minimum atomic E-state index is 0.885. The van der Waals surface area contributed by atoms with E-state index >= 15 is 0 Å². The van der Waals surface area contributed by atoms with Crippen molar-refractivity contribution in [3.63, 3.8) is 0 Å². The van der Waals surface area contributed by atoms with Gasteiger partial charge in [-0.05, 0) is 37.6 Å². The molecule has 5 rings (SSSR count). The van der Waals surface area contributed by atoms with Crippen molar-refractivity contribution in [2.24, 2.45) is 0 Å². The predicted molar refractivity (Wildman–Crippen MR) is 111 cm³/mol. The molecule has 0 aliphatic heterocycles. The van der Waals surface area contributed by atoms with Crippen LogP contribution >= 0.6 is 0 Å². The number of aryl methyl sites for hydroxylation is 2. The van der Waals surface area contributed by atoms with Crippen LogP contribution in [0.2, 0.25) is 0 Å². The third kappa shape index (κ3) is 2.52. The first-order chi connectivity index (χ1) is 13.3. The Kier molecular flexibility index (Phi) is 3.71. The van der Waals surface area contributed by atoms with Gasteiger partial charge in [-0.1, -0.05) is 37.6 Å². The van der Waals surface area contributed by atoms with E-state index in [0.717, 1.165) is 29.1 Å². The summed E-state index contributed by atoms with van der Waals surface area (Å²) in [4.78, 5) is 4.43. The van der Waals surface area contributed by atoms with Crippen molar-refractivity contribution in [3.8, 4) is 11.3 Å². The second kappa shape index (κ2) is 6.23. The van der Waals surface area contributed by atoms with E-state index in [1.54, 1.807) is 0 Å². The zero-order chi connectivity index (χ0) is 18.4. The van der Waals surface area contributed by atoms with Gasteiger partial charge in [-0.25, -0.2) is 9.50 Å². The zero-order valence-corrected chi connectivity index (χ0v) is 15.7. The number of unbranched alkanes of at least 4 members (excludes halogenated alkanes) is 1. The third-order valence-electron chi connectivity index (χ3n) is 5.28. The first-order valence-corrected chi connectivity index (χ1v) is 9.59. The van der Waals surface area contributed by atoms with Crippen LogP contribution in [0, 0.1) is 6.92 Å². The second-order valence-corrected chi connectivity index (χ2v) is 7.14. The normalized spacial score (nSPS) is 11.8. The van der Waals surface area contributed by atoms with Crippen molar-refractivity contribution >= 4 is 27.5 Å². The van der Waals surface area contributed by atoms with E-state index in [2.05, 4.69) is 64.0 Å². The number of fused-ring (bicyclic) bond motifs is 4. The number of aromatic nitrogens is 4. The summed E-state index contributed by atoms with van der Waals surface area (Å²) in [6.07, 6.45) is 4.24. The van der Waals surface area contributed by atoms with Crippen molar-refractivity contribution in [1.29, 1.82) is 0 Å². The van der Waals surface area contributed by atoms with E-state index in [1.165, 1.54) is 34.6 Å². The Morgan fingerprint density at radius 2 is 1.78 bits per heavy atom. The van der Waals surface area contributed by atoms with Crippen LogP contribution < -0.4 is 0 Å². The molecule has 134 valence electrons. The maximum atomic E-state index is 4.63. The minimum Gasteiger partial charge on any atom is -0.340 e. The van der Waals surface area contributed by atoms with Gasteiger partial charge in [-0.15, -0.1) is 0 Å². The quantitative estimate of drug-likeness (QED) is 0.420. The number of hydrogen-bond donors (Lipinski definition) is 0. The summed E-state index contributed by atoms with van der Waals surface area (Å²) >= 11 is 0. The van der Waals surface area contributed by atoms with E-state index in [1.807, 2.05) is 29.8 Å². The van der Waals surface area contributed by atoms with E-state index in [9.17, 15) is 0 Å². The Balaban J connectivity index is 1.77. The molecule has 4 nitrogen and oxygen atoms in total. The van der Waals surface area contributed by atoms with E-state index in [4.69, 9.17) is 0 Å². The average Bonchev–Trinajstić information content (AvgIpc) is 3.23. The fourth-order valence-electron chi connectivity index (χ4n) is 4.00. The van der Waals surface area contributed by atoms with Gasteiger partial charge in [0.05, 0.1) is 11.4 Å². The maximum absolute atomic E-state index is 4.63. The van der Waals surface area contributed by atoms with Crippen LogP contribution in [0.25, 0.3) is 38.7 Å². The highest BCUT2D eigenvalue weighted by atomic mass is 15.3. The van der Waals surface area contributed by atoms with Crippen LogP contribution in [-0.4, -0.2) is 19.2 Å². The average molecular weight is 354 g/mol. The monoisotopic (exact) mass is 354 g/mol. The van der Waals surface area contributed by atoms with Gasteiger partial charge < -0.3 is 4.57 Å². The molecule has 0 spiro atoms. The first-order valence-electron chi connectivity index (χ1n) is 9.59. The molecule has 2 aromatic carbocycles. The lowest BCUT2D eigenvalue weighted by molar-refractivity contribution is 0.665. The van der Waals surface area contributed by atoms with Crippen LogP contribution in [0.5, 0.6) is 0 Å². The standard InChI is InChI=1S/C23H22N4/c1-3-4-13-26-21-8-6-5-7-18(21)19-15-17(9-10-22(19)26)20-11-12-24-23-14-16(2)25-27(20)23/h5-12,14-15H,3-4,13H2,1-2H3. The molecule has 0 saturated heterocycles. The molecule has 0 N–H and O–H groups in total. The zero-order valence-electron chi connectivity index (χ0n) is 15.7. The van der Waals surface area contributed by atoms with Gasteiger partial charge in [0.1, 0.15) is 0 Å². The topological polar surface area (TPSA) is 35.1 Å². The number of rotatable bonds is 4. The van der Waals surface area contributed by atoms with Crippen LogP contribution in [-0.2, 0) is 6.54 Å². The molecule has 4 heteroatoms. The van der Waals surface area contributed by atoms with Gasteiger partial charge in [-0.2, -0.15) is 5.10 Å². The fourth-order valence-corrected chi connectivity index (χ4v) is 4.00. The predicted octanol–water partition coefficient (Wildman–Crippen LogP) is 5.61. The molecule has 3 heterocycles. The minimum absolute atomic E-state index is 0.885. The van der Waals surface area contributed by atoms with Crippen molar-refractivity contribution in [2.45, 2.75) is 33.2 Å². The van der Waals surface area contributed by atoms with Crippen molar-refractivity contribution < 1.29 is 0 Å². The molecule has 0 fully saturated rings. The summed E-state index contributed by atoms with van der Waals surface area (Å²) in [6, 6.07) is 19.5. The highest BCUT2D eigenvalue weighted by molar-refractivity contribution is 6.09. The smallest absolute Gasteiger partial charge is 0.155 e. The summed E-state index contributed by atoms with van der Waals surface area (Å²) in [5, 5.41) is 7.24. The van der Waals surface area contributed by atoms with Crippen LogP contribution in [0.1, 0.15) is 25.5 Å². The van der Waals surface area contributed by atoms with E-state index < -0.39 is 0 Å². The van der Waals surface area contributed by atoms with Crippen LogP contribution in [0.15, 0.2) is 60.8 Å². The van der Waals surface area contributed by atoms with Crippen molar-refractivity contribution in [2.75, 3.05) is 0 Å². The van der Waals surface area contributed by atoms with Gasteiger partial charge in [0.25, 0.3) is 0 Å². The molecule has 0 radical (unpaired) electrons. The molecule has 0 atom stereocenters. The lowest BCUT2D eigenvalue weighted by Crippen LogP contribution is -1.97. The van der Waals surface area contributed by atoms with Gasteiger partial charge in [0.2, 0.25) is 0 Å². The first kappa shape index (κ1) is 16.1. The Hall–Kier alpha value is -3.14. The molecular weight excluding hydrogens is 332 g/mol. The summed E-state index contributed by atoms with van der Waals surface area (Å²) < 4.78 is 4.39. The molecule has 3 aromatic heterocycles. The summed E-state index contributed by atoms with van der Waals surface area (Å²) in [6.45, 7) is 5.30. The fraction of sp³-hybridized carbons (Fsp3) is 0.217. The Labute approximate surface area is 158 Å². The Morgan fingerprint density at radius 1 is 0.926 bits per heavy atom. The molecule has 0 amide bonds. The van der Waals surface area contributed by atoms with Gasteiger partial charge >= 0.3 is 0 Å². The van der Waals surface area contributed by atoms with Gasteiger partial charge in [0, 0.05) is 46.2 Å². The largest absolute Gasteiger partial charge is 0.340 e. The lowest BCUT2D eigenvalue weighted by atomic mass is 10.1. The number of para-hydroxylation sites is 1. The summed E-state index contributed by atoms with van der Waals surface area (Å²) in [5.74, 6) is 0. The molecule has 27 heavy (non-hydrogen) atoms. The highest BCUT2D eigenvalue weighted by Gasteiger charge is 2.13. The molecule has 0 bridgehead atoms. The van der Waals surface area contributed by atoms with E-state index in [-0.39, 0.29) is 0 Å². The number of nitrogens with zero attached hydrogens (tertiary/aromatic N) is 4. The summed E-state index contributed by atoms with van der Waals surface area (Å²) in [7, 11) is 0. The molecule has 0 aliphatic carbocycles. The maximum Gasteiger partial charge on any atom is 0.155 e. The van der Waals surface area contributed by atoms with Crippen molar-refractivity contribution in [3.05, 3.63) is 66.5 Å². The molecule has 0 unspecified atom stereocenters. The molecule has 0 saturated carbocycles. The molecule has 0 aliphatic rings. The third-order valence-corrected chi connectivity index (χ3v) is 5.28. The SMILES string of the molecule is CCCCn1c2ccccc2c2cc(-c3ccnc4cc(C)nn34)ccc21. The van der Waals surface area contributed by atoms with E-state index in [0.29, 0.717) is 0 Å². The Morgan fingerprint density at radius 3 is 2.67 bits per heavy atom. The molecular formula is C23H22N4. The van der Waals surface area contributed by atoms with Crippen LogP contribution in [0.3, 0.4) is 0 Å². The second-order valence-electron chi connectivity index (χ2n) is 7.14. The molecule has 5 aromatic rings. The number of hydrogen-bond acceptors (Lipinski definition) is 2. The Bertz CT molecular complexity index is 1280. The van der Waals surface area contributed by atoms with Crippen molar-refractivity contribution in [1.82, 2.24) is 19.2 Å². The van der Waals surface area contributed by atoms with Gasteiger partial charge in [-0.3, -0.25) is 0 Å². The summed E-state index contributed by atoms with van der Waals surface area (Å²) in [5.41, 5.74) is 6.71. The number of benzene rings is 2. The van der Waals surface area contributed by atoms with Gasteiger partial charge in [0.15, 0.2) is 5.65 Å².